The fourth-order valence-corrected chi connectivity index (χ4v) is 3.26. The zero-order chi connectivity index (χ0) is 16.5. The average Bonchev–Trinajstić information content (AvgIpc) is 3.19. The van der Waals surface area contributed by atoms with Crippen LogP contribution in [0, 0.1) is 0 Å². The molecule has 1 amide bonds. The fourth-order valence-electron chi connectivity index (χ4n) is 3.26. The van der Waals surface area contributed by atoms with Gasteiger partial charge in [0.25, 0.3) is 5.91 Å². The summed E-state index contributed by atoms with van der Waals surface area (Å²) in [5.41, 5.74) is 1.72. The van der Waals surface area contributed by atoms with Crippen molar-refractivity contribution in [2.24, 2.45) is 0 Å². The van der Waals surface area contributed by atoms with E-state index in [1.54, 1.807) is 18.2 Å². The molecule has 6 nitrogen and oxygen atoms in total. The monoisotopic (exact) mass is 328 g/mol. The van der Waals surface area contributed by atoms with Crippen LogP contribution < -0.4 is 9.47 Å². The highest BCUT2D eigenvalue weighted by Crippen LogP contribution is 2.33. The lowest BCUT2D eigenvalue weighted by atomic mass is 10.1. The van der Waals surface area contributed by atoms with Gasteiger partial charge in [0.2, 0.25) is 6.79 Å². The lowest BCUT2D eigenvalue weighted by Gasteiger charge is -2.24. The van der Waals surface area contributed by atoms with Crippen molar-refractivity contribution >= 4 is 5.91 Å². The van der Waals surface area contributed by atoms with E-state index in [0.717, 1.165) is 12.2 Å². The molecule has 2 aliphatic rings. The van der Waals surface area contributed by atoms with Gasteiger partial charge < -0.3 is 23.7 Å². The van der Waals surface area contributed by atoms with Gasteiger partial charge in [-0.3, -0.25) is 4.79 Å². The third kappa shape index (κ3) is 2.73. The van der Waals surface area contributed by atoms with E-state index in [1.165, 1.54) is 0 Å². The summed E-state index contributed by atoms with van der Waals surface area (Å²) in [6.45, 7) is 4.73. The normalized spacial score (nSPS) is 19.0. The largest absolute Gasteiger partial charge is 0.454 e. The first-order valence-corrected chi connectivity index (χ1v) is 8.19. The molecule has 0 aliphatic carbocycles. The molecule has 1 unspecified atom stereocenters. The number of carbonyl (C=O) groups excluding carboxylic acids is 1. The third-order valence-corrected chi connectivity index (χ3v) is 4.41. The van der Waals surface area contributed by atoms with Crippen LogP contribution in [-0.4, -0.2) is 41.4 Å². The first-order valence-electron chi connectivity index (χ1n) is 8.19. The summed E-state index contributed by atoms with van der Waals surface area (Å²) in [7, 11) is 0. The number of ether oxygens (including phenoxy) is 3. The quantitative estimate of drug-likeness (QED) is 0.867. The van der Waals surface area contributed by atoms with Crippen LogP contribution in [0.1, 0.15) is 23.0 Å². The van der Waals surface area contributed by atoms with Crippen LogP contribution >= 0.6 is 0 Å². The minimum atomic E-state index is -0.0207. The van der Waals surface area contributed by atoms with Crippen LogP contribution in [0.2, 0.25) is 0 Å². The van der Waals surface area contributed by atoms with Crippen LogP contribution in [-0.2, 0) is 17.8 Å². The minimum absolute atomic E-state index is 0.0124. The Kier molecular flexibility index (Phi) is 3.90. The van der Waals surface area contributed by atoms with Crippen molar-refractivity contribution in [3.8, 4) is 11.5 Å². The van der Waals surface area contributed by atoms with Gasteiger partial charge in [0, 0.05) is 30.6 Å². The smallest absolute Gasteiger partial charge is 0.254 e. The summed E-state index contributed by atoms with van der Waals surface area (Å²) in [4.78, 5) is 14.8. The molecule has 1 aromatic heterocycles. The van der Waals surface area contributed by atoms with Gasteiger partial charge in [-0.2, -0.15) is 0 Å². The molecular weight excluding hydrogens is 308 g/mol. The molecule has 2 aromatic rings. The molecule has 1 atom stereocenters. The summed E-state index contributed by atoms with van der Waals surface area (Å²) in [6, 6.07) is 9.39. The zero-order valence-electron chi connectivity index (χ0n) is 13.6. The van der Waals surface area contributed by atoms with Gasteiger partial charge in [0.05, 0.1) is 19.2 Å². The molecule has 126 valence electrons. The van der Waals surface area contributed by atoms with Crippen molar-refractivity contribution in [3.63, 3.8) is 0 Å². The predicted molar refractivity (Wildman–Crippen MR) is 87.2 cm³/mol. The number of rotatable bonds is 3. The Morgan fingerprint density at radius 2 is 2.12 bits per heavy atom. The molecule has 0 radical (unpaired) electrons. The van der Waals surface area contributed by atoms with Crippen molar-refractivity contribution < 1.29 is 19.0 Å². The van der Waals surface area contributed by atoms with Gasteiger partial charge in [-0.1, -0.05) is 0 Å². The molecule has 2 aliphatic heterocycles. The van der Waals surface area contributed by atoms with Crippen LogP contribution in [0.4, 0.5) is 0 Å². The summed E-state index contributed by atoms with van der Waals surface area (Å²) >= 11 is 0. The Labute approximate surface area is 140 Å². The number of hydrogen-bond donors (Lipinski definition) is 0. The van der Waals surface area contributed by atoms with Gasteiger partial charge in [-0.15, -0.1) is 0 Å². The van der Waals surface area contributed by atoms with Gasteiger partial charge in [-0.05, 0) is 37.3 Å². The Bertz CT molecular complexity index is 755. The maximum atomic E-state index is 13.0. The van der Waals surface area contributed by atoms with E-state index in [1.807, 2.05) is 30.2 Å². The van der Waals surface area contributed by atoms with Gasteiger partial charge in [-0.25, -0.2) is 0 Å². The third-order valence-electron chi connectivity index (χ3n) is 4.41. The minimum Gasteiger partial charge on any atom is -0.454 e. The number of amides is 1. The topological polar surface area (TPSA) is 52.9 Å². The molecule has 6 heteroatoms. The summed E-state index contributed by atoms with van der Waals surface area (Å²) in [5.74, 6) is 1.29. The molecule has 0 spiro atoms. The molecule has 1 aromatic carbocycles. The lowest BCUT2D eigenvalue weighted by molar-refractivity contribution is 0.0258. The summed E-state index contributed by atoms with van der Waals surface area (Å²) < 4.78 is 18.7. The standard InChI is InChI=1S/C18H20N2O4/c1-2-22-15-10-19-7-3-4-14(19)9-20(11-15)18(21)13-5-6-16-17(8-13)24-12-23-16/h3-8,15H,2,9-12H2,1H3. The number of benzene rings is 1. The van der Waals surface area contributed by atoms with Crippen molar-refractivity contribution in [1.29, 1.82) is 0 Å². The Hall–Kier alpha value is -2.47. The van der Waals surface area contributed by atoms with Crippen molar-refractivity contribution in [2.75, 3.05) is 19.9 Å². The first-order chi connectivity index (χ1) is 11.7. The Morgan fingerprint density at radius 3 is 3.00 bits per heavy atom. The first kappa shape index (κ1) is 15.1. The molecule has 4 rings (SSSR count). The van der Waals surface area contributed by atoms with E-state index < -0.39 is 0 Å². The second-order valence-electron chi connectivity index (χ2n) is 5.98. The molecule has 0 saturated carbocycles. The van der Waals surface area contributed by atoms with Crippen LogP contribution in [0.25, 0.3) is 0 Å². The average molecular weight is 328 g/mol. The number of aromatic nitrogens is 1. The Balaban J connectivity index is 1.60. The second kappa shape index (κ2) is 6.20. The van der Waals surface area contributed by atoms with Crippen LogP contribution in [0.5, 0.6) is 11.5 Å². The van der Waals surface area contributed by atoms with E-state index in [2.05, 4.69) is 4.57 Å². The highest BCUT2D eigenvalue weighted by atomic mass is 16.7. The van der Waals surface area contributed by atoms with E-state index in [4.69, 9.17) is 14.2 Å². The Morgan fingerprint density at radius 1 is 1.25 bits per heavy atom. The van der Waals surface area contributed by atoms with E-state index in [0.29, 0.717) is 36.8 Å². The maximum absolute atomic E-state index is 13.0. The number of fused-ring (bicyclic) bond motifs is 2. The van der Waals surface area contributed by atoms with Gasteiger partial charge >= 0.3 is 0 Å². The van der Waals surface area contributed by atoms with Gasteiger partial charge in [0.15, 0.2) is 11.5 Å². The number of hydrogen-bond acceptors (Lipinski definition) is 4. The van der Waals surface area contributed by atoms with E-state index in [-0.39, 0.29) is 18.8 Å². The summed E-state index contributed by atoms with van der Waals surface area (Å²) in [5, 5.41) is 0. The second-order valence-corrected chi connectivity index (χ2v) is 5.98. The van der Waals surface area contributed by atoms with Crippen molar-refractivity contribution in [3.05, 3.63) is 47.8 Å². The maximum Gasteiger partial charge on any atom is 0.254 e. The van der Waals surface area contributed by atoms with E-state index in [9.17, 15) is 4.79 Å². The fraction of sp³-hybridized carbons (Fsp3) is 0.389. The molecule has 3 heterocycles. The molecular formula is C18H20N2O4. The predicted octanol–water partition coefficient (Wildman–Crippen LogP) is 2.28. The molecule has 0 N–H and O–H groups in total. The highest BCUT2D eigenvalue weighted by molar-refractivity contribution is 5.95. The molecule has 0 fully saturated rings. The SMILES string of the molecule is CCOC1CN(C(=O)c2ccc3c(c2)OCO3)Cc2cccn2C1. The van der Waals surface area contributed by atoms with Crippen LogP contribution in [0.15, 0.2) is 36.5 Å². The lowest BCUT2D eigenvalue weighted by Crippen LogP contribution is -2.37. The number of carbonyl (C=O) groups is 1. The molecule has 0 bridgehead atoms. The molecule has 24 heavy (non-hydrogen) atoms. The highest BCUT2D eigenvalue weighted by Gasteiger charge is 2.27. The number of nitrogens with zero attached hydrogens (tertiary/aromatic N) is 2. The van der Waals surface area contributed by atoms with Crippen molar-refractivity contribution in [2.45, 2.75) is 26.1 Å². The van der Waals surface area contributed by atoms with Crippen molar-refractivity contribution in [1.82, 2.24) is 9.47 Å². The van der Waals surface area contributed by atoms with E-state index >= 15 is 0 Å². The zero-order valence-corrected chi connectivity index (χ0v) is 13.6. The molecule has 0 saturated heterocycles. The van der Waals surface area contributed by atoms with Gasteiger partial charge in [0.1, 0.15) is 0 Å². The van der Waals surface area contributed by atoms with Crippen LogP contribution in [0.3, 0.4) is 0 Å². The summed E-state index contributed by atoms with van der Waals surface area (Å²) in [6.07, 6.45) is 2.03.